The largest absolute Gasteiger partial charge is 0.490 e. The van der Waals surface area contributed by atoms with E-state index >= 15 is 0 Å². The fraction of sp³-hybridized carbons (Fsp3) is 0.154. The molecule has 0 N–H and O–H groups in total. The minimum absolute atomic E-state index is 0.0301. The van der Waals surface area contributed by atoms with Crippen molar-refractivity contribution < 1.29 is 26.9 Å². The first-order valence-corrected chi connectivity index (χ1v) is 14.2. The van der Waals surface area contributed by atoms with Gasteiger partial charge in [-0.2, -0.15) is 8.42 Å². The third-order valence-electron chi connectivity index (χ3n) is 5.19. The standard InChI is InChI=1S/C26H22INO6S2/c1-3-33-22-14-19(13-21(27)24(22)34-36(31,32)20-11-9-17(2)10-12-20)15-23-25(29)28(26(30)35-23)16-18-7-5-4-6-8-18/h4-15H,3,16H2,1-2H3/b23-15-. The Labute approximate surface area is 227 Å². The minimum atomic E-state index is -4.09. The normalized spacial score (nSPS) is 15.0. The minimum Gasteiger partial charge on any atom is -0.490 e. The van der Waals surface area contributed by atoms with Crippen molar-refractivity contribution in [3.8, 4) is 11.5 Å². The number of amides is 2. The number of ether oxygens (including phenoxy) is 1. The number of thioether (sulfide) groups is 1. The highest BCUT2D eigenvalue weighted by Crippen LogP contribution is 2.39. The van der Waals surface area contributed by atoms with Crippen molar-refractivity contribution in [1.82, 2.24) is 4.90 Å². The lowest BCUT2D eigenvalue weighted by Gasteiger charge is -2.15. The zero-order valence-electron chi connectivity index (χ0n) is 19.4. The van der Waals surface area contributed by atoms with Gasteiger partial charge in [-0.15, -0.1) is 0 Å². The lowest BCUT2D eigenvalue weighted by atomic mass is 10.1. The van der Waals surface area contributed by atoms with Gasteiger partial charge in [0, 0.05) is 0 Å². The van der Waals surface area contributed by atoms with Crippen LogP contribution in [0.4, 0.5) is 4.79 Å². The smallest absolute Gasteiger partial charge is 0.339 e. The van der Waals surface area contributed by atoms with E-state index < -0.39 is 10.1 Å². The van der Waals surface area contributed by atoms with E-state index in [0.717, 1.165) is 22.9 Å². The van der Waals surface area contributed by atoms with Gasteiger partial charge in [-0.3, -0.25) is 14.5 Å². The number of aryl methyl sites for hydroxylation is 1. The van der Waals surface area contributed by atoms with E-state index in [0.29, 0.717) is 9.13 Å². The summed E-state index contributed by atoms with van der Waals surface area (Å²) in [6.45, 7) is 4.09. The third-order valence-corrected chi connectivity index (χ3v) is 8.13. The molecule has 3 aromatic carbocycles. The van der Waals surface area contributed by atoms with Gasteiger partial charge < -0.3 is 8.92 Å². The molecule has 3 aromatic rings. The van der Waals surface area contributed by atoms with Crippen molar-refractivity contribution in [1.29, 1.82) is 0 Å². The molecule has 1 aliphatic heterocycles. The molecule has 1 heterocycles. The lowest BCUT2D eigenvalue weighted by molar-refractivity contribution is -0.123. The first-order valence-electron chi connectivity index (χ1n) is 10.9. The van der Waals surface area contributed by atoms with Crippen LogP contribution in [0.25, 0.3) is 6.08 Å². The molecule has 1 aliphatic rings. The van der Waals surface area contributed by atoms with Crippen LogP contribution in [-0.4, -0.2) is 31.1 Å². The van der Waals surface area contributed by atoms with Crippen molar-refractivity contribution in [2.75, 3.05) is 6.61 Å². The van der Waals surface area contributed by atoms with Crippen molar-refractivity contribution in [2.45, 2.75) is 25.3 Å². The molecule has 4 rings (SSSR count). The van der Waals surface area contributed by atoms with Crippen LogP contribution >= 0.6 is 34.4 Å². The Kier molecular flexibility index (Phi) is 8.06. The summed E-state index contributed by atoms with van der Waals surface area (Å²) in [4.78, 5) is 26.9. The molecule has 0 saturated carbocycles. The van der Waals surface area contributed by atoms with Gasteiger partial charge in [0.15, 0.2) is 11.5 Å². The van der Waals surface area contributed by atoms with Gasteiger partial charge in [0.05, 0.1) is 21.6 Å². The van der Waals surface area contributed by atoms with Crippen LogP contribution in [0.1, 0.15) is 23.6 Å². The molecular weight excluding hydrogens is 613 g/mol. The highest BCUT2D eigenvalue weighted by atomic mass is 127. The molecule has 0 aliphatic carbocycles. The van der Waals surface area contributed by atoms with E-state index in [1.807, 2.05) is 59.8 Å². The SMILES string of the molecule is CCOc1cc(/C=C2\SC(=O)N(Cc3ccccc3)C2=O)cc(I)c1OS(=O)(=O)c1ccc(C)cc1. The molecule has 0 spiro atoms. The Hall–Kier alpha value is -2.83. The van der Waals surface area contributed by atoms with Gasteiger partial charge in [-0.25, -0.2) is 0 Å². The fourth-order valence-corrected chi connectivity index (χ4v) is 6.11. The van der Waals surface area contributed by atoms with E-state index in [1.54, 1.807) is 37.3 Å². The molecule has 0 unspecified atom stereocenters. The Morgan fingerprint density at radius 1 is 1.03 bits per heavy atom. The van der Waals surface area contributed by atoms with E-state index in [9.17, 15) is 18.0 Å². The van der Waals surface area contributed by atoms with E-state index in [4.69, 9.17) is 8.92 Å². The van der Waals surface area contributed by atoms with Crippen molar-refractivity contribution in [3.63, 3.8) is 0 Å². The maximum atomic E-state index is 12.9. The van der Waals surface area contributed by atoms with Crippen LogP contribution < -0.4 is 8.92 Å². The molecule has 186 valence electrons. The van der Waals surface area contributed by atoms with Gasteiger partial charge in [0.25, 0.3) is 11.1 Å². The molecule has 0 bridgehead atoms. The summed E-state index contributed by atoms with van der Waals surface area (Å²) >= 11 is 2.82. The average molecular weight is 636 g/mol. The third kappa shape index (κ3) is 5.93. The Morgan fingerprint density at radius 2 is 1.72 bits per heavy atom. The summed E-state index contributed by atoms with van der Waals surface area (Å²) in [5.41, 5.74) is 2.36. The second-order valence-electron chi connectivity index (χ2n) is 7.87. The number of carbonyl (C=O) groups is 2. The van der Waals surface area contributed by atoms with Crippen LogP contribution in [-0.2, 0) is 21.5 Å². The van der Waals surface area contributed by atoms with Crippen molar-refractivity contribution in [3.05, 3.63) is 91.9 Å². The monoisotopic (exact) mass is 635 g/mol. The predicted molar refractivity (Wildman–Crippen MR) is 147 cm³/mol. The number of nitrogens with zero attached hydrogens (tertiary/aromatic N) is 1. The van der Waals surface area contributed by atoms with Gasteiger partial charge >= 0.3 is 10.1 Å². The van der Waals surface area contributed by atoms with Gasteiger partial charge in [-0.05, 0) is 89.7 Å². The molecule has 1 fully saturated rings. The quantitative estimate of drug-likeness (QED) is 0.170. The maximum Gasteiger partial charge on any atom is 0.339 e. The summed E-state index contributed by atoms with van der Waals surface area (Å²) in [5.74, 6) is -0.105. The highest BCUT2D eigenvalue weighted by molar-refractivity contribution is 14.1. The van der Waals surface area contributed by atoms with E-state index in [1.165, 1.54) is 17.0 Å². The lowest BCUT2D eigenvalue weighted by Crippen LogP contribution is -2.27. The number of rotatable bonds is 8. The molecule has 7 nitrogen and oxygen atoms in total. The second kappa shape index (κ2) is 11.1. The molecule has 0 radical (unpaired) electrons. The van der Waals surface area contributed by atoms with Crippen molar-refractivity contribution in [2.24, 2.45) is 0 Å². The number of halogens is 1. The number of benzene rings is 3. The van der Waals surface area contributed by atoms with Crippen LogP contribution in [0.3, 0.4) is 0 Å². The first-order chi connectivity index (χ1) is 17.2. The average Bonchev–Trinajstić information content (AvgIpc) is 3.10. The van der Waals surface area contributed by atoms with Gasteiger partial charge in [-0.1, -0.05) is 48.0 Å². The van der Waals surface area contributed by atoms with Gasteiger partial charge in [0.1, 0.15) is 4.90 Å². The number of carbonyl (C=O) groups excluding carboxylic acids is 2. The Balaban J connectivity index is 1.62. The molecule has 1 saturated heterocycles. The van der Waals surface area contributed by atoms with Gasteiger partial charge in [0.2, 0.25) is 0 Å². The second-order valence-corrected chi connectivity index (χ2v) is 11.6. The predicted octanol–water partition coefficient (Wildman–Crippen LogP) is 6.00. The molecule has 2 amide bonds. The highest BCUT2D eigenvalue weighted by Gasteiger charge is 2.35. The number of imide groups is 1. The van der Waals surface area contributed by atoms with Crippen LogP contribution in [0.15, 0.2) is 76.5 Å². The first kappa shape index (κ1) is 26.2. The van der Waals surface area contributed by atoms with Crippen molar-refractivity contribution >= 4 is 61.7 Å². The zero-order chi connectivity index (χ0) is 25.9. The Morgan fingerprint density at radius 3 is 2.39 bits per heavy atom. The summed E-state index contributed by atoms with van der Waals surface area (Å²) in [7, 11) is -4.09. The van der Waals surface area contributed by atoms with E-state index in [-0.39, 0.29) is 45.6 Å². The van der Waals surface area contributed by atoms with Crippen LogP contribution in [0.2, 0.25) is 0 Å². The summed E-state index contributed by atoms with van der Waals surface area (Å²) in [6, 6.07) is 18.9. The molecule has 10 heteroatoms. The molecule has 0 aromatic heterocycles. The summed E-state index contributed by atoms with van der Waals surface area (Å²) < 4.78 is 37.4. The maximum absolute atomic E-state index is 12.9. The molecule has 36 heavy (non-hydrogen) atoms. The van der Waals surface area contributed by atoms with Crippen LogP contribution in [0.5, 0.6) is 11.5 Å². The Bertz CT molecular complexity index is 1440. The number of hydrogen-bond donors (Lipinski definition) is 0. The van der Waals surface area contributed by atoms with E-state index in [2.05, 4.69) is 0 Å². The molecule has 0 atom stereocenters. The topological polar surface area (TPSA) is 90.0 Å². The molecular formula is C26H22INO6S2. The zero-order valence-corrected chi connectivity index (χ0v) is 23.2. The fourth-order valence-electron chi connectivity index (χ4n) is 3.43. The number of hydrogen-bond acceptors (Lipinski definition) is 7. The van der Waals surface area contributed by atoms with Crippen LogP contribution in [0, 0.1) is 10.5 Å². The summed E-state index contributed by atoms with van der Waals surface area (Å²) in [5, 5.41) is -0.348. The summed E-state index contributed by atoms with van der Waals surface area (Å²) in [6.07, 6.45) is 1.60.